The molecule has 1 heterocycles. The van der Waals surface area contributed by atoms with Crippen LogP contribution in [-0.4, -0.2) is 15.4 Å². The summed E-state index contributed by atoms with van der Waals surface area (Å²) in [6.07, 6.45) is 5.96. The summed E-state index contributed by atoms with van der Waals surface area (Å²) in [7, 11) is 0. The van der Waals surface area contributed by atoms with Gasteiger partial charge in [0.15, 0.2) is 11.5 Å². The first-order chi connectivity index (χ1) is 19.7. The third-order valence-corrected chi connectivity index (χ3v) is 7.62. The number of nitrogen functional groups attached to an aromatic ring is 1. The van der Waals surface area contributed by atoms with E-state index < -0.39 is 0 Å². The third kappa shape index (κ3) is 5.57. The number of benzene rings is 4. The Morgan fingerprint density at radius 1 is 0.775 bits per heavy atom. The van der Waals surface area contributed by atoms with Gasteiger partial charge in [-0.2, -0.15) is 0 Å². The van der Waals surface area contributed by atoms with E-state index in [4.69, 9.17) is 25.6 Å². The van der Waals surface area contributed by atoms with Crippen molar-refractivity contribution in [3.63, 3.8) is 0 Å². The first-order valence-electron chi connectivity index (χ1n) is 14.0. The summed E-state index contributed by atoms with van der Waals surface area (Å²) < 4.78 is 15.0. The van der Waals surface area contributed by atoms with Gasteiger partial charge in [0.2, 0.25) is 0 Å². The topological polar surface area (TPSA) is 86.2 Å². The molecule has 40 heavy (non-hydrogen) atoms. The van der Waals surface area contributed by atoms with E-state index >= 15 is 0 Å². The molecule has 4 aromatic carbocycles. The molecular weight excluding hydrogens is 496 g/mol. The minimum Gasteiger partial charge on any atom is -0.485 e. The van der Waals surface area contributed by atoms with Crippen LogP contribution < -0.4 is 15.2 Å². The van der Waals surface area contributed by atoms with Crippen molar-refractivity contribution in [3.05, 3.63) is 114 Å². The summed E-state index contributed by atoms with van der Waals surface area (Å²) in [5, 5.41) is 7.91. The van der Waals surface area contributed by atoms with E-state index in [0.717, 1.165) is 46.4 Å². The van der Waals surface area contributed by atoms with Gasteiger partial charge in [0.1, 0.15) is 24.9 Å². The van der Waals surface area contributed by atoms with Crippen molar-refractivity contribution in [1.29, 1.82) is 5.41 Å². The Kier molecular flexibility index (Phi) is 7.49. The van der Waals surface area contributed by atoms with Crippen molar-refractivity contribution in [1.82, 2.24) is 9.55 Å². The van der Waals surface area contributed by atoms with Crippen LogP contribution in [0.15, 0.2) is 97.1 Å². The smallest absolute Gasteiger partial charge is 0.162 e. The van der Waals surface area contributed by atoms with Crippen LogP contribution in [0, 0.1) is 5.41 Å². The lowest BCUT2D eigenvalue weighted by atomic mass is 9.94. The van der Waals surface area contributed by atoms with Gasteiger partial charge in [-0.1, -0.05) is 79.9 Å². The molecule has 0 radical (unpaired) electrons. The zero-order valence-electron chi connectivity index (χ0n) is 22.6. The zero-order chi connectivity index (χ0) is 27.3. The Bertz CT molecular complexity index is 1610. The van der Waals surface area contributed by atoms with E-state index in [1.54, 1.807) is 0 Å². The molecule has 1 saturated carbocycles. The third-order valence-electron chi connectivity index (χ3n) is 7.62. The number of hydrogen-bond donors (Lipinski definition) is 2. The maximum Gasteiger partial charge on any atom is 0.162 e. The molecule has 0 bridgehead atoms. The molecule has 0 spiro atoms. The van der Waals surface area contributed by atoms with Crippen LogP contribution in [0.3, 0.4) is 0 Å². The number of nitrogens with two attached hydrogens (primary N) is 1. The van der Waals surface area contributed by atoms with Crippen LogP contribution in [0.25, 0.3) is 22.4 Å². The Morgan fingerprint density at radius 3 is 2.08 bits per heavy atom. The van der Waals surface area contributed by atoms with Crippen molar-refractivity contribution in [2.75, 3.05) is 0 Å². The molecule has 6 nitrogen and oxygen atoms in total. The predicted octanol–water partition coefficient (Wildman–Crippen LogP) is 7.65. The van der Waals surface area contributed by atoms with Gasteiger partial charge in [0.05, 0.1) is 11.0 Å². The monoisotopic (exact) mass is 530 g/mol. The van der Waals surface area contributed by atoms with Crippen LogP contribution in [-0.2, 0) is 13.2 Å². The van der Waals surface area contributed by atoms with Gasteiger partial charge in [0, 0.05) is 17.2 Å². The van der Waals surface area contributed by atoms with Gasteiger partial charge in [-0.05, 0) is 60.4 Å². The van der Waals surface area contributed by atoms with Crippen LogP contribution in [0.1, 0.15) is 54.8 Å². The van der Waals surface area contributed by atoms with Gasteiger partial charge in [-0.25, -0.2) is 4.98 Å². The lowest BCUT2D eigenvalue weighted by Gasteiger charge is -2.26. The molecule has 202 valence electrons. The van der Waals surface area contributed by atoms with Crippen LogP contribution >= 0.6 is 0 Å². The molecule has 0 amide bonds. The number of nitrogens with zero attached hydrogens (tertiary/aromatic N) is 2. The molecule has 6 rings (SSSR count). The maximum absolute atomic E-state index is 7.91. The van der Waals surface area contributed by atoms with Gasteiger partial charge in [0.25, 0.3) is 0 Å². The Balaban J connectivity index is 1.40. The highest BCUT2D eigenvalue weighted by Crippen LogP contribution is 2.39. The molecule has 6 heteroatoms. The van der Waals surface area contributed by atoms with Crippen molar-refractivity contribution in [2.45, 2.75) is 51.4 Å². The second kappa shape index (κ2) is 11.7. The summed E-state index contributed by atoms with van der Waals surface area (Å²) in [5.74, 6) is 2.33. The van der Waals surface area contributed by atoms with Crippen molar-refractivity contribution >= 4 is 16.9 Å². The molecule has 1 aliphatic carbocycles. The van der Waals surface area contributed by atoms with Crippen LogP contribution in [0.4, 0.5) is 0 Å². The zero-order valence-corrected chi connectivity index (χ0v) is 22.6. The van der Waals surface area contributed by atoms with Crippen molar-refractivity contribution < 1.29 is 9.47 Å². The molecule has 3 N–H and O–H groups in total. The molecule has 0 aliphatic heterocycles. The number of ether oxygens (including phenoxy) is 2. The highest BCUT2D eigenvalue weighted by Gasteiger charge is 2.23. The molecule has 1 aromatic heterocycles. The van der Waals surface area contributed by atoms with Gasteiger partial charge >= 0.3 is 0 Å². The van der Waals surface area contributed by atoms with E-state index in [1.807, 2.05) is 54.6 Å². The number of imidazole rings is 1. The Hall–Kier alpha value is -4.58. The van der Waals surface area contributed by atoms with E-state index in [0.29, 0.717) is 36.3 Å². The van der Waals surface area contributed by atoms with Gasteiger partial charge in [-0.3, -0.25) is 5.41 Å². The maximum atomic E-state index is 7.91. The van der Waals surface area contributed by atoms with Gasteiger partial charge < -0.3 is 19.8 Å². The first-order valence-corrected chi connectivity index (χ1v) is 14.0. The molecule has 0 saturated heterocycles. The average molecular weight is 531 g/mol. The lowest BCUT2D eigenvalue weighted by molar-refractivity contribution is 0.256. The fourth-order valence-corrected chi connectivity index (χ4v) is 5.53. The summed E-state index contributed by atoms with van der Waals surface area (Å²) in [4.78, 5) is 5.10. The lowest BCUT2D eigenvalue weighted by Crippen LogP contribution is -2.14. The normalized spacial score (nSPS) is 13.8. The molecule has 5 aromatic rings. The number of aromatic nitrogens is 2. The minimum absolute atomic E-state index is 0.0483. The van der Waals surface area contributed by atoms with Gasteiger partial charge in [-0.15, -0.1) is 0 Å². The summed E-state index contributed by atoms with van der Waals surface area (Å²) in [5.41, 5.74) is 11.6. The Labute approximate surface area is 234 Å². The Morgan fingerprint density at radius 2 is 1.43 bits per heavy atom. The van der Waals surface area contributed by atoms with E-state index in [2.05, 4.69) is 47.0 Å². The van der Waals surface area contributed by atoms with E-state index in [1.165, 1.54) is 19.3 Å². The molecule has 0 unspecified atom stereocenters. The highest BCUT2D eigenvalue weighted by molar-refractivity contribution is 5.98. The largest absolute Gasteiger partial charge is 0.485 e. The van der Waals surface area contributed by atoms with E-state index in [9.17, 15) is 0 Å². The fourth-order valence-electron chi connectivity index (χ4n) is 5.53. The van der Waals surface area contributed by atoms with Crippen LogP contribution in [0.5, 0.6) is 11.5 Å². The minimum atomic E-state index is 0.0483. The molecule has 0 atom stereocenters. The van der Waals surface area contributed by atoms with E-state index in [-0.39, 0.29) is 5.84 Å². The fraction of sp³-hybridized carbons (Fsp3) is 0.235. The first kappa shape index (κ1) is 25.7. The molecular formula is C34H34N4O2. The standard InChI is InChI=1S/C34H34N4O2/c35-33(36)26-16-18-30-29(20-26)37-34(38(30)28-14-8-3-9-15-28)27-17-19-31(39-22-24-10-4-1-5-11-24)32(21-27)40-23-25-12-6-2-7-13-25/h1-2,4-7,10-13,16-21,28H,3,8-9,14-15,22-23H2,(H3,35,36). The van der Waals surface area contributed by atoms with Crippen molar-refractivity contribution in [2.24, 2.45) is 5.73 Å². The molecule has 1 aliphatic rings. The SMILES string of the molecule is N=C(N)c1ccc2c(c1)nc(-c1ccc(OCc3ccccc3)c(OCc3ccccc3)c1)n2C1CCCCC1. The van der Waals surface area contributed by atoms with Crippen LogP contribution in [0.2, 0.25) is 0 Å². The second-order valence-corrected chi connectivity index (χ2v) is 10.4. The highest BCUT2D eigenvalue weighted by atomic mass is 16.5. The summed E-state index contributed by atoms with van der Waals surface area (Å²) in [6, 6.07) is 32.7. The average Bonchev–Trinajstić information content (AvgIpc) is 3.39. The number of nitrogens with one attached hydrogen (secondary N) is 1. The number of hydrogen-bond acceptors (Lipinski definition) is 4. The molecule has 1 fully saturated rings. The number of amidine groups is 1. The predicted molar refractivity (Wildman–Crippen MR) is 160 cm³/mol. The number of rotatable bonds is 9. The number of fused-ring (bicyclic) bond motifs is 1. The quantitative estimate of drug-likeness (QED) is 0.151. The van der Waals surface area contributed by atoms with Crippen molar-refractivity contribution in [3.8, 4) is 22.9 Å². The second-order valence-electron chi connectivity index (χ2n) is 10.4. The summed E-state index contributed by atoms with van der Waals surface area (Å²) >= 11 is 0. The summed E-state index contributed by atoms with van der Waals surface area (Å²) in [6.45, 7) is 0.892.